The third-order valence-electron chi connectivity index (χ3n) is 4.32. The number of benzene rings is 1. The van der Waals surface area contributed by atoms with Crippen LogP contribution in [-0.4, -0.2) is 20.3 Å². The highest BCUT2D eigenvalue weighted by molar-refractivity contribution is 6.31. The number of fused-ring (bicyclic) bond motifs is 1. The van der Waals surface area contributed by atoms with Gasteiger partial charge in [-0.3, -0.25) is 9.36 Å². The smallest absolute Gasteiger partial charge is 0.346 e. The third kappa shape index (κ3) is 3.53. The third-order valence-corrected chi connectivity index (χ3v) is 4.67. The molecule has 0 radical (unpaired) electrons. The van der Waals surface area contributed by atoms with Crippen LogP contribution < -0.4 is 11.0 Å². The average Bonchev–Trinajstić information content (AvgIpc) is 2.73. The zero-order chi connectivity index (χ0) is 17.1. The number of nitrogens with one attached hydrogen (secondary N) is 1. The van der Waals surface area contributed by atoms with Crippen LogP contribution in [0.3, 0.4) is 0 Å². The van der Waals surface area contributed by atoms with Crippen molar-refractivity contribution in [3.05, 3.63) is 51.2 Å². The first-order chi connectivity index (χ1) is 11.6. The number of hydrogen-bond donors (Lipinski definition) is 1. The standard InChI is InChI=1S/C17H21ClN4O2/c1-12(13-7-4-5-8-14(13)18)19-16(23)11-22-17(24)21-10-6-2-3-9-15(21)20-22/h4-5,7-8,12H,2-3,6,9-11H2,1H3,(H,19,23). The maximum absolute atomic E-state index is 12.4. The Kier molecular flexibility index (Phi) is 5.04. The molecule has 1 atom stereocenters. The Balaban J connectivity index is 1.69. The van der Waals surface area contributed by atoms with Crippen molar-refractivity contribution in [2.45, 2.75) is 51.7 Å². The molecule has 0 saturated heterocycles. The maximum atomic E-state index is 12.4. The van der Waals surface area contributed by atoms with Crippen molar-refractivity contribution in [2.24, 2.45) is 0 Å². The van der Waals surface area contributed by atoms with Gasteiger partial charge in [0, 0.05) is 18.0 Å². The first-order valence-electron chi connectivity index (χ1n) is 8.26. The molecule has 1 aliphatic rings. The monoisotopic (exact) mass is 348 g/mol. The molecule has 7 heteroatoms. The Morgan fingerprint density at radius 2 is 2.12 bits per heavy atom. The largest absolute Gasteiger partial charge is 0.348 e. The number of aromatic nitrogens is 3. The van der Waals surface area contributed by atoms with Crippen LogP contribution in [-0.2, 0) is 24.3 Å². The lowest BCUT2D eigenvalue weighted by atomic mass is 10.1. The topological polar surface area (TPSA) is 68.9 Å². The van der Waals surface area contributed by atoms with E-state index in [2.05, 4.69) is 10.4 Å². The number of carbonyl (C=O) groups is 1. The molecule has 0 fully saturated rings. The molecule has 2 heterocycles. The molecule has 1 aromatic carbocycles. The van der Waals surface area contributed by atoms with Crippen LogP contribution in [0.15, 0.2) is 29.1 Å². The van der Waals surface area contributed by atoms with Crippen LogP contribution in [0.2, 0.25) is 5.02 Å². The van der Waals surface area contributed by atoms with E-state index in [0.717, 1.165) is 37.1 Å². The van der Waals surface area contributed by atoms with Crippen molar-refractivity contribution in [1.29, 1.82) is 0 Å². The van der Waals surface area contributed by atoms with Gasteiger partial charge in [0.25, 0.3) is 0 Å². The van der Waals surface area contributed by atoms with Crippen molar-refractivity contribution < 1.29 is 4.79 Å². The molecular weight excluding hydrogens is 328 g/mol. The molecular formula is C17H21ClN4O2. The van der Waals surface area contributed by atoms with E-state index in [1.807, 2.05) is 25.1 Å². The van der Waals surface area contributed by atoms with Crippen molar-refractivity contribution >= 4 is 17.5 Å². The van der Waals surface area contributed by atoms with Crippen molar-refractivity contribution in [3.63, 3.8) is 0 Å². The molecule has 3 rings (SSSR count). The molecule has 1 N–H and O–H groups in total. The predicted molar refractivity (Wildman–Crippen MR) is 92.1 cm³/mol. The van der Waals surface area contributed by atoms with Gasteiger partial charge < -0.3 is 5.32 Å². The average molecular weight is 349 g/mol. The second-order valence-corrected chi connectivity index (χ2v) is 6.54. The highest BCUT2D eigenvalue weighted by atomic mass is 35.5. The molecule has 1 unspecified atom stereocenters. The van der Waals surface area contributed by atoms with Crippen molar-refractivity contribution in [2.75, 3.05) is 0 Å². The fraction of sp³-hybridized carbons (Fsp3) is 0.471. The number of rotatable bonds is 4. The minimum absolute atomic E-state index is 0.0758. The number of carbonyl (C=O) groups excluding carboxylic acids is 1. The molecule has 24 heavy (non-hydrogen) atoms. The SMILES string of the molecule is CC(NC(=O)Cn1nc2n(c1=O)CCCCC2)c1ccccc1Cl. The molecule has 0 aliphatic carbocycles. The summed E-state index contributed by atoms with van der Waals surface area (Å²) < 4.78 is 2.95. The van der Waals surface area contributed by atoms with Gasteiger partial charge in [-0.2, -0.15) is 5.10 Å². The summed E-state index contributed by atoms with van der Waals surface area (Å²) in [5, 5.41) is 7.81. The molecule has 6 nitrogen and oxygen atoms in total. The lowest BCUT2D eigenvalue weighted by molar-refractivity contribution is -0.122. The van der Waals surface area contributed by atoms with Crippen molar-refractivity contribution in [3.8, 4) is 0 Å². The minimum Gasteiger partial charge on any atom is -0.348 e. The highest BCUT2D eigenvalue weighted by Gasteiger charge is 2.18. The summed E-state index contributed by atoms with van der Waals surface area (Å²) >= 11 is 6.15. The van der Waals surface area contributed by atoms with Gasteiger partial charge in [-0.1, -0.05) is 36.2 Å². The molecule has 0 saturated carbocycles. The Bertz CT molecular complexity index is 796. The molecule has 1 aromatic heterocycles. The van der Waals surface area contributed by atoms with E-state index < -0.39 is 0 Å². The van der Waals surface area contributed by atoms with Crippen LogP contribution in [0.1, 0.15) is 43.6 Å². The van der Waals surface area contributed by atoms with Crippen LogP contribution in [0.4, 0.5) is 0 Å². The quantitative estimate of drug-likeness (QED) is 0.921. The van der Waals surface area contributed by atoms with Crippen LogP contribution in [0.5, 0.6) is 0 Å². The molecule has 0 bridgehead atoms. The van der Waals surface area contributed by atoms with E-state index in [0.29, 0.717) is 11.6 Å². The zero-order valence-electron chi connectivity index (χ0n) is 13.7. The zero-order valence-corrected chi connectivity index (χ0v) is 14.4. The molecule has 1 amide bonds. The van der Waals surface area contributed by atoms with Gasteiger partial charge in [-0.25, -0.2) is 9.48 Å². The number of nitrogens with zero attached hydrogens (tertiary/aromatic N) is 3. The summed E-state index contributed by atoms with van der Waals surface area (Å²) in [5.41, 5.74) is 0.646. The van der Waals surface area contributed by atoms with Gasteiger partial charge >= 0.3 is 5.69 Å². The number of halogens is 1. The fourth-order valence-electron chi connectivity index (χ4n) is 3.06. The van der Waals surface area contributed by atoms with Gasteiger partial charge in [-0.15, -0.1) is 0 Å². The first-order valence-corrected chi connectivity index (χ1v) is 8.64. The Morgan fingerprint density at radius 3 is 2.92 bits per heavy atom. The maximum Gasteiger partial charge on any atom is 0.346 e. The van der Waals surface area contributed by atoms with E-state index in [1.54, 1.807) is 10.6 Å². The Labute approximate surface area is 145 Å². The summed E-state index contributed by atoms with van der Waals surface area (Å²) in [6.07, 6.45) is 3.92. The summed E-state index contributed by atoms with van der Waals surface area (Å²) in [5.74, 6) is 0.530. The lowest BCUT2D eigenvalue weighted by Crippen LogP contribution is -2.35. The Hall–Kier alpha value is -2.08. The first kappa shape index (κ1) is 16.8. The van der Waals surface area contributed by atoms with Gasteiger partial charge in [0.05, 0.1) is 6.04 Å². The number of hydrogen-bond acceptors (Lipinski definition) is 3. The van der Waals surface area contributed by atoms with Gasteiger partial charge in [0.2, 0.25) is 5.91 Å². The van der Waals surface area contributed by atoms with Crippen LogP contribution in [0.25, 0.3) is 0 Å². The summed E-state index contributed by atoms with van der Waals surface area (Å²) in [6, 6.07) is 7.15. The van der Waals surface area contributed by atoms with Crippen LogP contribution >= 0.6 is 11.6 Å². The van der Waals surface area contributed by atoms with Gasteiger partial charge in [-0.05, 0) is 31.4 Å². The van der Waals surface area contributed by atoms with E-state index >= 15 is 0 Å². The number of aryl methyl sites for hydroxylation is 1. The lowest BCUT2D eigenvalue weighted by Gasteiger charge is -2.15. The Morgan fingerprint density at radius 1 is 1.33 bits per heavy atom. The molecule has 2 aromatic rings. The van der Waals surface area contributed by atoms with Crippen LogP contribution in [0, 0.1) is 0 Å². The van der Waals surface area contributed by atoms with E-state index in [9.17, 15) is 9.59 Å². The second kappa shape index (κ2) is 7.21. The van der Waals surface area contributed by atoms with Crippen molar-refractivity contribution in [1.82, 2.24) is 19.7 Å². The fourth-order valence-corrected chi connectivity index (χ4v) is 3.35. The van der Waals surface area contributed by atoms with E-state index in [1.165, 1.54) is 4.68 Å². The summed E-state index contributed by atoms with van der Waals surface area (Å²) in [6.45, 7) is 2.48. The predicted octanol–water partition coefficient (Wildman–Crippen LogP) is 2.30. The molecule has 0 spiro atoms. The summed E-state index contributed by atoms with van der Waals surface area (Å²) in [4.78, 5) is 24.7. The molecule has 128 valence electrons. The van der Waals surface area contributed by atoms with E-state index in [4.69, 9.17) is 11.6 Å². The molecule has 1 aliphatic heterocycles. The normalized spacial score (nSPS) is 15.4. The van der Waals surface area contributed by atoms with E-state index in [-0.39, 0.29) is 24.2 Å². The minimum atomic E-state index is -0.252. The van der Waals surface area contributed by atoms with Gasteiger partial charge in [0.15, 0.2) is 0 Å². The second-order valence-electron chi connectivity index (χ2n) is 6.13. The number of amides is 1. The van der Waals surface area contributed by atoms with Gasteiger partial charge in [0.1, 0.15) is 12.4 Å². The highest BCUT2D eigenvalue weighted by Crippen LogP contribution is 2.22. The summed E-state index contributed by atoms with van der Waals surface area (Å²) in [7, 11) is 0.